The molecule has 1 aromatic carbocycles. The highest BCUT2D eigenvalue weighted by Crippen LogP contribution is 2.18. The average molecular weight is 378 g/mol. The summed E-state index contributed by atoms with van der Waals surface area (Å²) >= 11 is 0. The first kappa shape index (κ1) is 19.3. The standard InChI is InChI=1S/C21H22N4O3/c1-4-28-19(26)10-7-15-5-8-18(9-6-15)24-21(27)17-11-16-13-23-25(14(2)3)20(16)22-12-17/h5-14H,4H2,1-3H3,(H,24,27). The summed E-state index contributed by atoms with van der Waals surface area (Å²) in [6, 6.07) is 9.12. The predicted octanol–water partition coefficient (Wildman–Crippen LogP) is 3.84. The third kappa shape index (κ3) is 4.43. The summed E-state index contributed by atoms with van der Waals surface area (Å²) in [4.78, 5) is 28.2. The molecule has 2 heterocycles. The molecule has 0 fully saturated rings. The average Bonchev–Trinajstić information content (AvgIpc) is 3.11. The molecule has 0 aliphatic heterocycles. The van der Waals surface area contributed by atoms with E-state index in [1.807, 2.05) is 18.5 Å². The lowest BCUT2D eigenvalue weighted by molar-refractivity contribution is -0.137. The maximum absolute atomic E-state index is 12.5. The quantitative estimate of drug-likeness (QED) is 0.520. The van der Waals surface area contributed by atoms with Gasteiger partial charge in [-0.25, -0.2) is 14.5 Å². The van der Waals surface area contributed by atoms with E-state index in [2.05, 4.69) is 15.4 Å². The van der Waals surface area contributed by atoms with Gasteiger partial charge in [0.15, 0.2) is 5.65 Å². The van der Waals surface area contributed by atoms with Crippen LogP contribution in [0.4, 0.5) is 5.69 Å². The van der Waals surface area contributed by atoms with Crippen molar-refractivity contribution in [2.75, 3.05) is 11.9 Å². The molecule has 1 amide bonds. The fraction of sp³-hybridized carbons (Fsp3) is 0.238. The maximum atomic E-state index is 12.5. The summed E-state index contributed by atoms with van der Waals surface area (Å²) in [5, 5.41) is 7.98. The lowest BCUT2D eigenvalue weighted by Gasteiger charge is -2.07. The Morgan fingerprint density at radius 2 is 1.96 bits per heavy atom. The number of ether oxygens (including phenoxy) is 1. The molecule has 0 radical (unpaired) electrons. The number of carbonyl (C=O) groups is 2. The van der Waals surface area contributed by atoms with Crippen molar-refractivity contribution in [3.05, 3.63) is 59.9 Å². The Balaban J connectivity index is 1.69. The van der Waals surface area contributed by atoms with Crippen molar-refractivity contribution in [2.24, 2.45) is 0 Å². The first-order chi connectivity index (χ1) is 13.5. The van der Waals surface area contributed by atoms with E-state index in [9.17, 15) is 9.59 Å². The van der Waals surface area contributed by atoms with Crippen LogP contribution >= 0.6 is 0 Å². The predicted molar refractivity (Wildman–Crippen MR) is 108 cm³/mol. The highest BCUT2D eigenvalue weighted by atomic mass is 16.5. The van der Waals surface area contributed by atoms with E-state index >= 15 is 0 Å². The molecule has 3 rings (SSSR count). The normalized spacial score (nSPS) is 11.3. The minimum Gasteiger partial charge on any atom is -0.463 e. The lowest BCUT2D eigenvalue weighted by Crippen LogP contribution is -2.12. The van der Waals surface area contributed by atoms with E-state index in [-0.39, 0.29) is 17.9 Å². The Morgan fingerprint density at radius 1 is 1.21 bits per heavy atom. The molecular formula is C21H22N4O3. The van der Waals surface area contributed by atoms with Crippen molar-refractivity contribution in [3.63, 3.8) is 0 Å². The molecule has 3 aromatic rings. The van der Waals surface area contributed by atoms with Gasteiger partial charge >= 0.3 is 5.97 Å². The van der Waals surface area contributed by atoms with E-state index in [0.717, 1.165) is 16.6 Å². The molecule has 0 aliphatic carbocycles. The van der Waals surface area contributed by atoms with Crippen molar-refractivity contribution < 1.29 is 14.3 Å². The number of esters is 1. The summed E-state index contributed by atoms with van der Waals surface area (Å²) < 4.78 is 6.66. The minimum atomic E-state index is -0.386. The Morgan fingerprint density at radius 3 is 2.64 bits per heavy atom. The van der Waals surface area contributed by atoms with E-state index in [0.29, 0.717) is 17.9 Å². The molecule has 2 aromatic heterocycles. The van der Waals surface area contributed by atoms with Gasteiger partial charge in [-0.3, -0.25) is 4.79 Å². The second-order valence-electron chi connectivity index (χ2n) is 6.48. The molecule has 144 valence electrons. The Kier molecular flexibility index (Phi) is 5.84. The monoisotopic (exact) mass is 378 g/mol. The number of carbonyl (C=O) groups excluding carboxylic acids is 2. The number of hydrogen-bond acceptors (Lipinski definition) is 5. The molecule has 0 bridgehead atoms. The molecule has 1 N–H and O–H groups in total. The van der Waals surface area contributed by atoms with Crippen LogP contribution in [0, 0.1) is 0 Å². The highest BCUT2D eigenvalue weighted by molar-refractivity contribution is 6.05. The molecule has 0 saturated heterocycles. The first-order valence-electron chi connectivity index (χ1n) is 9.07. The first-order valence-corrected chi connectivity index (χ1v) is 9.07. The number of anilines is 1. The van der Waals surface area contributed by atoms with Crippen LogP contribution in [0.5, 0.6) is 0 Å². The van der Waals surface area contributed by atoms with Gasteiger partial charge in [0.05, 0.1) is 18.4 Å². The largest absolute Gasteiger partial charge is 0.463 e. The van der Waals surface area contributed by atoms with Gasteiger partial charge in [0.2, 0.25) is 0 Å². The van der Waals surface area contributed by atoms with Crippen molar-refractivity contribution in [1.29, 1.82) is 0 Å². The zero-order chi connectivity index (χ0) is 20.1. The van der Waals surface area contributed by atoms with Crippen molar-refractivity contribution in [1.82, 2.24) is 14.8 Å². The van der Waals surface area contributed by atoms with Gasteiger partial charge < -0.3 is 10.1 Å². The zero-order valence-electron chi connectivity index (χ0n) is 16.0. The van der Waals surface area contributed by atoms with Gasteiger partial charge in [0, 0.05) is 29.4 Å². The van der Waals surface area contributed by atoms with Crippen LogP contribution in [-0.4, -0.2) is 33.2 Å². The number of hydrogen-bond donors (Lipinski definition) is 1. The third-order valence-corrected chi connectivity index (χ3v) is 4.05. The maximum Gasteiger partial charge on any atom is 0.330 e. The topological polar surface area (TPSA) is 86.1 Å². The lowest BCUT2D eigenvalue weighted by atomic mass is 10.2. The molecule has 7 nitrogen and oxygen atoms in total. The Labute approximate surface area is 163 Å². The smallest absolute Gasteiger partial charge is 0.330 e. The summed E-state index contributed by atoms with van der Waals surface area (Å²) in [5.74, 6) is -0.634. The van der Waals surface area contributed by atoms with Gasteiger partial charge in [-0.1, -0.05) is 12.1 Å². The number of rotatable bonds is 6. The number of pyridine rings is 1. The van der Waals surface area contributed by atoms with Crippen molar-refractivity contribution >= 4 is 34.7 Å². The summed E-state index contributed by atoms with van der Waals surface area (Å²) in [5.41, 5.74) is 2.69. The van der Waals surface area contributed by atoms with Crippen LogP contribution in [0.3, 0.4) is 0 Å². The van der Waals surface area contributed by atoms with Crippen LogP contribution in [-0.2, 0) is 9.53 Å². The zero-order valence-corrected chi connectivity index (χ0v) is 16.0. The number of aromatic nitrogens is 3. The van der Waals surface area contributed by atoms with E-state index in [1.165, 1.54) is 6.08 Å². The van der Waals surface area contributed by atoms with Crippen LogP contribution in [0.2, 0.25) is 0 Å². The highest BCUT2D eigenvalue weighted by Gasteiger charge is 2.12. The second-order valence-corrected chi connectivity index (χ2v) is 6.48. The third-order valence-electron chi connectivity index (χ3n) is 4.05. The second kappa shape index (κ2) is 8.47. The summed E-state index contributed by atoms with van der Waals surface area (Å²) in [7, 11) is 0. The van der Waals surface area contributed by atoms with E-state index in [4.69, 9.17) is 4.74 Å². The molecule has 0 saturated carbocycles. The summed E-state index contributed by atoms with van der Waals surface area (Å²) in [6.45, 7) is 6.15. The van der Waals surface area contributed by atoms with Crippen LogP contribution < -0.4 is 5.32 Å². The molecule has 28 heavy (non-hydrogen) atoms. The Bertz CT molecular complexity index is 1020. The van der Waals surface area contributed by atoms with Crippen LogP contribution in [0.25, 0.3) is 17.1 Å². The van der Waals surface area contributed by atoms with Crippen LogP contribution in [0.15, 0.2) is 48.8 Å². The minimum absolute atomic E-state index is 0.195. The Hall–Kier alpha value is -3.48. The number of fused-ring (bicyclic) bond motifs is 1. The number of benzene rings is 1. The molecule has 0 spiro atoms. The summed E-state index contributed by atoms with van der Waals surface area (Å²) in [6.07, 6.45) is 6.29. The van der Waals surface area contributed by atoms with Crippen molar-refractivity contribution in [3.8, 4) is 0 Å². The molecule has 0 atom stereocenters. The number of nitrogens with zero attached hydrogens (tertiary/aromatic N) is 3. The SMILES string of the molecule is CCOC(=O)C=Cc1ccc(NC(=O)c2cnc3c(cnn3C(C)C)c2)cc1. The van der Waals surface area contributed by atoms with Gasteiger partial charge in [0.25, 0.3) is 5.91 Å². The number of nitrogens with one attached hydrogen (secondary N) is 1. The van der Waals surface area contributed by atoms with Gasteiger partial charge in [-0.05, 0) is 50.6 Å². The molecule has 0 aliphatic rings. The van der Waals surface area contributed by atoms with Crippen LogP contribution in [0.1, 0.15) is 42.7 Å². The van der Waals surface area contributed by atoms with E-state index < -0.39 is 0 Å². The van der Waals surface area contributed by atoms with Gasteiger partial charge in [0.1, 0.15) is 0 Å². The van der Waals surface area contributed by atoms with Gasteiger partial charge in [-0.15, -0.1) is 0 Å². The fourth-order valence-corrected chi connectivity index (χ4v) is 2.68. The fourth-order valence-electron chi connectivity index (χ4n) is 2.68. The molecule has 0 unspecified atom stereocenters. The van der Waals surface area contributed by atoms with Gasteiger partial charge in [-0.2, -0.15) is 5.10 Å². The molecule has 7 heteroatoms. The number of amides is 1. The van der Waals surface area contributed by atoms with E-state index in [1.54, 1.807) is 55.7 Å². The molecular weight excluding hydrogens is 356 g/mol. The van der Waals surface area contributed by atoms with Crippen molar-refractivity contribution in [2.45, 2.75) is 26.8 Å².